The fourth-order valence-electron chi connectivity index (χ4n) is 5.13. The molecule has 0 aliphatic carbocycles. The van der Waals surface area contributed by atoms with Crippen molar-refractivity contribution in [1.82, 2.24) is 9.78 Å². The second kappa shape index (κ2) is 11.8. The zero-order valence-electron chi connectivity index (χ0n) is 24.7. The molecule has 0 saturated heterocycles. The van der Waals surface area contributed by atoms with Crippen molar-refractivity contribution in [2.75, 3.05) is 29.7 Å². The number of allylic oxidation sites excluding steroid dienone is 1. The number of methoxy groups -OCH3 is 1. The van der Waals surface area contributed by atoms with Gasteiger partial charge in [-0.3, -0.25) is 9.59 Å². The molecule has 1 aromatic heterocycles. The van der Waals surface area contributed by atoms with E-state index in [2.05, 4.69) is 21.0 Å². The second-order valence-corrected chi connectivity index (χ2v) is 10.4. The molecular formula is C33H35N5O4. The van der Waals surface area contributed by atoms with Crippen molar-refractivity contribution >= 4 is 29.0 Å². The molecule has 1 atom stereocenters. The molecule has 9 nitrogen and oxygen atoms in total. The largest absolute Gasteiger partial charge is 0.493 e. The molecule has 3 N–H and O–H groups in total. The fraction of sp³-hybridized carbons (Fsp3) is 0.242. The lowest BCUT2D eigenvalue weighted by molar-refractivity contribution is -0.113. The SMILES string of the molecule is CCOc1ccc(C2C(C(=O)Nc3ccc(C)cc3C)=C(C)Nc3c(C(=O)Nc4ccc(C)cc4)cnn32)cc1OC. The van der Waals surface area contributed by atoms with Gasteiger partial charge in [-0.05, 0) is 76.1 Å². The van der Waals surface area contributed by atoms with E-state index >= 15 is 0 Å². The van der Waals surface area contributed by atoms with Crippen LogP contribution in [0, 0.1) is 20.8 Å². The van der Waals surface area contributed by atoms with Gasteiger partial charge in [0.2, 0.25) is 0 Å². The van der Waals surface area contributed by atoms with Crippen LogP contribution in [0.15, 0.2) is 78.1 Å². The van der Waals surface area contributed by atoms with Crippen LogP contribution in [-0.2, 0) is 4.79 Å². The molecule has 1 unspecified atom stereocenters. The highest BCUT2D eigenvalue weighted by molar-refractivity contribution is 6.09. The molecule has 0 bridgehead atoms. The van der Waals surface area contributed by atoms with Crippen LogP contribution in [0.25, 0.3) is 0 Å². The molecule has 0 fully saturated rings. The van der Waals surface area contributed by atoms with E-state index in [-0.39, 0.29) is 11.8 Å². The molecule has 0 radical (unpaired) electrons. The lowest BCUT2D eigenvalue weighted by Gasteiger charge is -2.30. The van der Waals surface area contributed by atoms with Gasteiger partial charge in [-0.25, -0.2) is 4.68 Å². The Kier molecular flexibility index (Phi) is 8.01. The standard InChI is InChI=1S/C33H35N5O4/c1-7-42-27-15-11-23(17-28(27)41-6)30-29(33(40)37-26-14-10-20(3)16-21(26)4)22(5)35-31-25(18-34-38(30)31)32(39)36-24-12-8-19(2)9-13-24/h8-18,30,35H,7H2,1-6H3,(H,36,39)(H,37,40). The number of carbonyl (C=O) groups is 2. The van der Waals surface area contributed by atoms with Gasteiger partial charge in [0, 0.05) is 17.1 Å². The van der Waals surface area contributed by atoms with Gasteiger partial charge in [0.25, 0.3) is 11.8 Å². The topological polar surface area (TPSA) is 107 Å². The van der Waals surface area contributed by atoms with Crippen molar-refractivity contribution in [3.63, 3.8) is 0 Å². The Morgan fingerprint density at radius 2 is 1.64 bits per heavy atom. The van der Waals surface area contributed by atoms with Gasteiger partial charge >= 0.3 is 0 Å². The lowest BCUT2D eigenvalue weighted by atomic mass is 9.94. The molecule has 3 aromatic carbocycles. The number of anilines is 3. The maximum atomic E-state index is 14.0. The molecule has 216 valence electrons. The number of hydrogen-bond acceptors (Lipinski definition) is 6. The summed E-state index contributed by atoms with van der Waals surface area (Å²) >= 11 is 0. The van der Waals surface area contributed by atoms with Crippen LogP contribution in [0.1, 0.15) is 52.5 Å². The Hall–Kier alpha value is -5.05. The summed E-state index contributed by atoms with van der Waals surface area (Å²) in [5, 5.41) is 13.9. The first-order valence-corrected chi connectivity index (χ1v) is 13.8. The molecule has 4 aromatic rings. The first-order chi connectivity index (χ1) is 20.2. The molecule has 1 aliphatic heterocycles. The number of ether oxygens (including phenoxy) is 2. The molecule has 0 spiro atoms. The summed E-state index contributed by atoms with van der Waals surface area (Å²) in [5.41, 5.74) is 6.72. The van der Waals surface area contributed by atoms with Gasteiger partial charge in [-0.15, -0.1) is 0 Å². The molecule has 5 rings (SSSR count). The normalized spacial score (nSPS) is 14.1. The summed E-state index contributed by atoms with van der Waals surface area (Å²) in [7, 11) is 1.58. The van der Waals surface area contributed by atoms with Crippen LogP contribution in [0.2, 0.25) is 0 Å². The van der Waals surface area contributed by atoms with Crippen LogP contribution in [-0.4, -0.2) is 35.3 Å². The Labute approximate surface area is 245 Å². The number of fused-ring (bicyclic) bond motifs is 1. The third-order valence-corrected chi connectivity index (χ3v) is 7.26. The maximum Gasteiger partial charge on any atom is 0.261 e. The number of hydrogen-bond donors (Lipinski definition) is 3. The van der Waals surface area contributed by atoms with Crippen molar-refractivity contribution in [1.29, 1.82) is 0 Å². The van der Waals surface area contributed by atoms with E-state index < -0.39 is 6.04 Å². The number of benzene rings is 3. The van der Waals surface area contributed by atoms with Crippen LogP contribution in [0.5, 0.6) is 11.5 Å². The van der Waals surface area contributed by atoms with E-state index in [1.807, 2.05) is 95.3 Å². The third kappa shape index (κ3) is 5.58. The highest BCUT2D eigenvalue weighted by atomic mass is 16.5. The molecule has 1 aliphatic rings. The van der Waals surface area contributed by atoms with Crippen LogP contribution < -0.4 is 25.4 Å². The third-order valence-electron chi connectivity index (χ3n) is 7.26. The van der Waals surface area contributed by atoms with E-state index in [9.17, 15) is 9.59 Å². The molecule has 0 saturated carbocycles. The van der Waals surface area contributed by atoms with Crippen molar-refractivity contribution in [2.24, 2.45) is 0 Å². The maximum absolute atomic E-state index is 14.0. The monoisotopic (exact) mass is 565 g/mol. The number of nitrogens with zero attached hydrogens (tertiary/aromatic N) is 2. The predicted octanol–water partition coefficient (Wildman–Crippen LogP) is 6.40. The van der Waals surface area contributed by atoms with Crippen LogP contribution >= 0.6 is 0 Å². The van der Waals surface area contributed by atoms with E-state index in [1.165, 1.54) is 6.20 Å². The summed E-state index contributed by atoms with van der Waals surface area (Å²) in [4.78, 5) is 27.3. The highest BCUT2D eigenvalue weighted by Gasteiger charge is 2.36. The van der Waals surface area contributed by atoms with Crippen molar-refractivity contribution in [3.05, 3.63) is 106 Å². The zero-order chi connectivity index (χ0) is 30.0. The number of nitrogens with one attached hydrogen (secondary N) is 3. The number of amides is 2. The van der Waals surface area contributed by atoms with E-state index in [1.54, 1.807) is 11.8 Å². The Balaban J connectivity index is 1.58. The molecule has 42 heavy (non-hydrogen) atoms. The molecule has 9 heteroatoms. The predicted molar refractivity (Wildman–Crippen MR) is 165 cm³/mol. The van der Waals surface area contributed by atoms with Gasteiger partial charge < -0.3 is 25.4 Å². The van der Waals surface area contributed by atoms with E-state index in [0.29, 0.717) is 46.4 Å². The molecular weight excluding hydrogens is 530 g/mol. The Morgan fingerprint density at radius 1 is 0.905 bits per heavy atom. The summed E-state index contributed by atoms with van der Waals surface area (Å²) in [6, 6.07) is 18.4. The smallest absolute Gasteiger partial charge is 0.261 e. The Morgan fingerprint density at radius 3 is 2.33 bits per heavy atom. The number of aromatic nitrogens is 2. The first kappa shape index (κ1) is 28.5. The zero-order valence-corrected chi connectivity index (χ0v) is 24.7. The van der Waals surface area contributed by atoms with E-state index in [4.69, 9.17) is 9.47 Å². The number of rotatable bonds is 8. The minimum Gasteiger partial charge on any atom is -0.493 e. The quantitative estimate of drug-likeness (QED) is 0.228. The van der Waals surface area contributed by atoms with Gasteiger partial charge in [-0.1, -0.05) is 41.5 Å². The van der Waals surface area contributed by atoms with Gasteiger partial charge in [-0.2, -0.15) is 5.10 Å². The summed E-state index contributed by atoms with van der Waals surface area (Å²) < 4.78 is 13.0. The van der Waals surface area contributed by atoms with Crippen molar-refractivity contribution in [2.45, 2.75) is 40.7 Å². The van der Waals surface area contributed by atoms with Crippen molar-refractivity contribution in [3.8, 4) is 11.5 Å². The lowest BCUT2D eigenvalue weighted by Crippen LogP contribution is -2.32. The summed E-state index contributed by atoms with van der Waals surface area (Å²) in [6.07, 6.45) is 1.52. The van der Waals surface area contributed by atoms with Crippen molar-refractivity contribution < 1.29 is 19.1 Å². The average Bonchev–Trinajstić information content (AvgIpc) is 3.39. The van der Waals surface area contributed by atoms with Gasteiger partial charge in [0.1, 0.15) is 17.4 Å². The fourth-order valence-corrected chi connectivity index (χ4v) is 5.13. The number of carbonyl (C=O) groups excluding carboxylic acids is 2. The average molecular weight is 566 g/mol. The van der Waals surface area contributed by atoms with Gasteiger partial charge in [0.15, 0.2) is 11.5 Å². The Bertz CT molecular complexity index is 1690. The minimum absolute atomic E-state index is 0.281. The first-order valence-electron chi connectivity index (χ1n) is 13.8. The second-order valence-electron chi connectivity index (χ2n) is 10.4. The molecule has 2 heterocycles. The number of aryl methyl sites for hydroxylation is 3. The van der Waals surface area contributed by atoms with Crippen LogP contribution in [0.4, 0.5) is 17.2 Å². The summed E-state index contributed by atoms with van der Waals surface area (Å²) in [6.45, 7) is 10.2. The van der Waals surface area contributed by atoms with Crippen LogP contribution in [0.3, 0.4) is 0 Å². The molecule has 2 amide bonds. The van der Waals surface area contributed by atoms with E-state index in [0.717, 1.165) is 27.9 Å². The summed E-state index contributed by atoms with van der Waals surface area (Å²) in [5.74, 6) is 1.02. The van der Waals surface area contributed by atoms with Gasteiger partial charge in [0.05, 0.1) is 25.5 Å². The minimum atomic E-state index is -0.655. The highest BCUT2D eigenvalue weighted by Crippen LogP contribution is 2.41.